The van der Waals surface area contributed by atoms with Gasteiger partial charge in [0, 0.05) is 88.0 Å². The van der Waals surface area contributed by atoms with Crippen LogP contribution < -0.4 is 46.1 Å². The first-order valence-electron chi connectivity index (χ1n) is 24.3. The number of benzene rings is 2. The highest BCUT2D eigenvalue weighted by Gasteiger charge is 2.42. The second-order valence-corrected chi connectivity index (χ2v) is 19.9. The molecule has 2 aromatic heterocycles. The van der Waals surface area contributed by atoms with E-state index in [1.54, 1.807) is 29.0 Å². The van der Waals surface area contributed by atoms with Crippen LogP contribution in [-0.4, -0.2) is 133 Å². The zero-order valence-corrected chi connectivity index (χ0v) is 39.6. The van der Waals surface area contributed by atoms with E-state index in [4.69, 9.17) is 26.1 Å². The van der Waals surface area contributed by atoms with Crippen molar-refractivity contribution in [1.82, 2.24) is 35.0 Å². The molecule has 6 aliphatic rings. The summed E-state index contributed by atoms with van der Waals surface area (Å²) >= 11 is 6.62. The predicted octanol–water partition coefficient (Wildman–Crippen LogP) is 4.51. The zero-order chi connectivity index (χ0) is 47.8. The first kappa shape index (κ1) is 46.5. The number of likely N-dealkylation sites (N-methyl/N-ethyl adjacent to an activating group) is 1. The van der Waals surface area contributed by atoms with E-state index < -0.39 is 6.04 Å². The Bertz CT molecular complexity index is 2700. The van der Waals surface area contributed by atoms with E-state index in [1.807, 2.05) is 12.1 Å². The molecule has 18 nitrogen and oxygen atoms in total. The fraction of sp³-hybridized carbons (Fsp3) is 0.531. The highest BCUT2D eigenvalue weighted by atomic mass is 35.5. The van der Waals surface area contributed by atoms with E-state index in [0.717, 1.165) is 77.9 Å². The molecule has 0 radical (unpaired) electrons. The second-order valence-electron chi connectivity index (χ2n) is 19.5. The minimum absolute atomic E-state index is 0.0509. The molecule has 5 fully saturated rings. The average Bonchev–Trinajstić information content (AvgIpc) is 3.77. The van der Waals surface area contributed by atoms with Crippen molar-refractivity contribution in [3.05, 3.63) is 63.8 Å². The van der Waals surface area contributed by atoms with Crippen LogP contribution in [0.2, 0.25) is 5.02 Å². The minimum Gasteiger partial charge on any atom is -0.489 e. The quantitative estimate of drug-likeness (QED) is 0.145. The van der Waals surface area contributed by atoms with Gasteiger partial charge in [0.25, 0.3) is 11.5 Å². The summed E-state index contributed by atoms with van der Waals surface area (Å²) in [6.07, 6.45) is 8.84. The fourth-order valence-electron chi connectivity index (χ4n) is 11.1. The van der Waals surface area contributed by atoms with Crippen molar-refractivity contribution in [3.8, 4) is 11.5 Å². The number of carbonyl (C=O) groups is 4. The number of aromatic nitrogens is 3. The molecule has 1 atom stereocenters. The zero-order valence-electron chi connectivity index (χ0n) is 38.9. The Kier molecular flexibility index (Phi) is 13.2. The van der Waals surface area contributed by atoms with Crippen molar-refractivity contribution < 1.29 is 33.0 Å². The molecular formula is C49H59ClFN11O7. The lowest BCUT2D eigenvalue weighted by molar-refractivity contribution is -0.138. The molecule has 5 saturated heterocycles. The Balaban J connectivity index is 0.674. The molecule has 0 aliphatic carbocycles. The minimum atomic E-state index is -0.556. The Hall–Kier alpha value is -6.21. The van der Waals surface area contributed by atoms with Crippen LogP contribution in [0.25, 0.3) is 10.9 Å². The van der Waals surface area contributed by atoms with Gasteiger partial charge < -0.3 is 45.0 Å². The molecule has 6 aliphatic heterocycles. The van der Waals surface area contributed by atoms with Crippen LogP contribution in [0.1, 0.15) is 57.8 Å². The van der Waals surface area contributed by atoms with Gasteiger partial charge in [0.05, 0.1) is 23.9 Å². The molecular weight excluding hydrogens is 909 g/mol. The number of nitrogens with one attached hydrogen (secondary N) is 4. The highest BCUT2D eigenvalue weighted by Crippen LogP contribution is 2.43. The molecule has 20 heteroatoms. The summed E-state index contributed by atoms with van der Waals surface area (Å²) in [4.78, 5) is 80.8. The molecule has 0 bridgehead atoms. The second kappa shape index (κ2) is 19.7. The van der Waals surface area contributed by atoms with Gasteiger partial charge in [-0.2, -0.15) is 4.98 Å². The number of rotatable bonds is 12. The predicted molar refractivity (Wildman–Crippen MR) is 259 cm³/mol. The Morgan fingerprint density at radius 1 is 0.928 bits per heavy atom. The molecule has 4 aromatic rings. The highest BCUT2D eigenvalue weighted by molar-refractivity contribution is 6.33. The van der Waals surface area contributed by atoms with Crippen LogP contribution in [0.4, 0.5) is 33.2 Å². The summed E-state index contributed by atoms with van der Waals surface area (Å²) < 4.78 is 28.6. The van der Waals surface area contributed by atoms with E-state index in [9.17, 15) is 24.0 Å². The summed E-state index contributed by atoms with van der Waals surface area (Å²) in [6.45, 7) is 7.94. The third-order valence-electron chi connectivity index (χ3n) is 15.1. The maximum absolute atomic E-state index is 15.4. The number of hydrogen-bond donors (Lipinski definition) is 4. The fourth-order valence-corrected chi connectivity index (χ4v) is 11.2. The van der Waals surface area contributed by atoms with Crippen molar-refractivity contribution in [2.45, 2.75) is 70.4 Å². The summed E-state index contributed by atoms with van der Waals surface area (Å²) in [5.74, 6) is 0.941. The lowest BCUT2D eigenvalue weighted by Gasteiger charge is -2.42. The van der Waals surface area contributed by atoms with Gasteiger partial charge >= 0.3 is 0 Å². The van der Waals surface area contributed by atoms with Gasteiger partial charge in [-0.3, -0.25) is 33.9 Å². The Morgan fingerprint density at radius 2 is 1.71 bits per heavy atom. The van der Waals surface area contributed by atoms with Gasteiger partial charge in [-0.25, -0.2) is 9.37 Å². The summed E-state index contributed by atoms with van der Waals surface area (Å²) in [7, 11) is 1.50. The topological polar surface area (TPSA) is 196 Å². The number of anilines is 5. The number of ether oxygens (including phenoxy) is 2. The van der Waals surface area contributed by atoms with Crippen LogP contribution in [0.15, 0.2) is 47.4 Å². The summed E-state index contributed by atoms with van der Waals surface area (Å²) in [6, 6.07) is 9.78. The smallest absolute Gasteiger partial charge is 0.293 e. The number of halogens is 2. The average molecular weight is 969 g/mol. The molecule has 4 N–H and O–H groups in total. The van der Waals surface area contributed by atoms with Crippen molar-refractivity contribution in [2.75, 3.05) is 99.6 Å². The van der Waals surface area contributed by atoms with E-state index >= 15 is 4.39 Å². The standard InChI is InChI=1S/C49H59ClFN11O7/c1-52-42(64)28-69-40-23-32-22-34(25-39-43(32)62(47(40)67)20-21-68-39)55-44-35(50)26-53-48(57-44)60-15-8-31(9-16-60)46(66)59-13-6-30(7-14-59)27-58-17-10-49(11-18-58)12-19-61(29-49)38-4-2-33(24-36(38)51)54-37-3-5-41(63)56-45(37)65/h2,4,22-26,30-31,37,54H,3,5-21,27-29H2,1H3,(H,52,64)(H,53,55,57)(H,56,63,65). The van der Waals surface area contributed by atoms with Crippen LogP contribution in [0.5, 0.6) is 11.5 Å². The maximum Gasteiger partial charge on any atom is 0.293 e. The third kappa shape index (κ3) is 9.98. The number of pyridine rings is 1. The van der Waals surface area contributed by atoms with Crippen LogP contribution in [0.3, 0.4) is 0 Å². The molecule has 2 aromatic carbocycles. The van der Waals surface area contributed by atoms with E-state index in [2.05, 4.69) is 45.9 Å². The number of hydrogen-bond acceptors (Lipinski definition) is 14. The van der Waals surface area contributed by atoms with E-state index in [1.165, 1.54) is 13.1 Å². The number of imide groups is 1. The monoisotopic (exact) mass is 967 g/mol. The summed E-state index contributed by atoms with van der Waals surface area (Å²) in [5.41, 5.74) is 2.23. The van der Waals surface area contributed by atoms with Gasteiger partial charge in [0.2, 0.25) is 23.7 Å². The molecule has 69 heavy (non-hydrogen) atoms. The van der Waals surface area contributed by atoms with Crippen LogP contribution in [-0.2, 0) is 25.7 Å². The Morgan fingerprint density at radius 3 is 2.46 bits per heavy atom. The molecule has 10 rings (SSSR count). The van der Waals surface area contributed by atoms with Gasteiger partial charge in [-0.05, 0) is 106 Å². The number of amides is 4. The number of piperidine rings is 4. The number of likely N-dealkylation sites (tertiary alicyclic amines) is 2. The SMILES string of the molecule is CNC(=O)COc1cc2cc(Nc3nc(N4CCC(C(=O)N5CCC(CN6CCC7(CC6)CCN(c6ccc(NC8CCC(=O)NC8=O)cc6F)C7)CC5)CC4)ncc3Cl)cc3c2n(c1=O)CCO3. The molecule has 1 spiro atoms. The largest absolute Gasteiger partial charge is 0.489 e. The van der Waals surface area contributed by atoms with Crippen molar-refractivity contribution >= 4 is 75.0 Å². The maximum atomic E-state index is 15.4. The van der Waals surface area contributed by atoms with Gasteiger partial charge in [-0.15, -0.1) is 0 Å². The summed E-state index contributed by atoms with van der Waals surface area (Å²) in [5, 5.41) is 12.2. The first-order valence-corrected chi connectivity index (χ1v) is 24.7. The van der Waals surface area contributed by atoms with E-state index in [0.29, 0.717) is 102 Å². The number of carbonyl (C=O) groups excluding carboxylic acids is 4. The molecule has 4 amide bonds. The molecule has 8 heterocycles. The number of nitrogens with zero attached hydrogens (tertiary/aromatic N) is 7. The van der Waals surface area contributed by atoms with Crippen molar-refractivity contribution in [1.29, 1.82) is 0 Å². The van der Waals surface area contributed by atoms with E-state index in [-0.39, 0.29) is 65.1 Å². The first-order chi connectivity index (χ1) is 33.4. The third-order valence-corrected chi connectivity index (χ3v) is 15.4. The van der Waals surface area contributed by atoms with Gasteiger partial charge in [-0.1, -0.05) is 11.6 Å². The lowest BCUT2D eigenvalue weighted by atomic mass is 9.77. The normalized spacial score (nSPS) is 21.0. The molecule has 366 valence electrons. The molecule has 0 saturated carbocycles. The van der Waals surface area contributed by atoms with Crippen molar-refractivity contribution in [3.63, 3.8) is 0 Å². The van der Waals surface area contributed by atoms with Crippen LogP contribution >= 0.6 is 11.6 Å². The van der Waals surface area contributed by atoms with Crippen molar-refractivity contribution in [2.24, 2.45) is 17.3 Å². The molecule has 1 unspecified atom stereocenters. The lowest BCUT2D eigenvalue weighted by Crippen LogP contribution is -2.48. The Labute approximate surface area is 404 Å². The van der Waals surface area contributed by atoms with Gasteiger partial charge in [0.15, 0.2) is 18.2 Å². The van der Waals surface area contributed by atoms with Crippen LogP contribution in [0, 0.1) is 23.1 Å². The van der Waals surface area contributed by atoms with Gasteiger partial charge in [0.1, 0.15) is 29.2 Å².